The minimum absolute atomic E-state index is 0.396. The Morgan fingerprint density at radius 1 is 1.40 bits per heavy atom. The van der Waals surface area contributed by atoms with Crippen LogP contribution in [0.3, 0.4) is 0 Å². The number of hydrogen-bond acceptors (Lipinski definition) is 2. The molecule has 2 N–H and O–H groups in total. The molecule has 2 atom stereocenters. The van der Waals surface area contributed by atoms with Crippen molar-refractivity contribution in [1.82, 2.24) is 5.32 Å². The molecule has 0 saturated carbocycles. The van der Waals surface area contributed by atoms with E-state index in [1.165, 1.54) is 18.2 Å². The molecule has 5 heteroatoms. The molecular weight excluding hydrogens is 261 g/mol. The molecule has 1 rings (SSSR count). The van der Waals surface area contributed by atoms with Gasteiger partial charge >= 0.3 is 5.97 Å². The summed E-state index contributed by atoms with van der Waals surface area (Å²) in [6, 6.07) is 4.87. The summed E-state index contributed by atoms with van der Waals surface area (Å²) in [6.45, 7) is 3.58. The zero-order valence-corrected chi connectivity index (χ0v) is 11.7. The van der Waals surface area contributed by atoms with Crippen LogP contribution in [0.4, 0.5) is 4.39 Å². The van der Waals surface area contributed by atoms with Gasteiger partial charge < -0.3 is 10.4 Å². The van der Waals surface area contributed by atoms with Crippen molar-refractivity contribution in [2.45, 2.75) is 45.1 Å². The van der Waals surface area contributed by atoms with Gasteiger partial charge in [0.25, 0.3) is 0 Å². The molecule has 0 aliphatic rings. The Labute approximate surface area is 118 Å². The number of carbonyl (C=O) groups is 2. The number of aliphatic carboxylic acids is 1. The zero-order chi connectivity index (χ0) is 15.1. The van der Waals surface area contributed by atoms with Crippen molar-refractivity contribution in [3.8, 4) is 0 Å². The number of nitrogens with one attached hydrogen (secondary N) is 1. The summed E-state index contributed by atoms with van der Waals surface area (Å²) < 4.78 is 13.1. The predicted octanol–water partition coefficient (Wildman–Crippen LogP) is 2.69. The highest BCUT2D eigenvalue weighted by atomic mass is 19.1. The fraction of sp³-hybridized carbons (Fsp3) is 0.467. The molecule has 1 amide bonds. The third kappa shape index (κ3) is 4.64. The summed E-state index contributed by atoms with van der Waals surface area (Å²) in [5.74, 6) is -2.45. The van der Waals surface area contributed by atoms with E-state index in [0.29, 0.717) is 12.0 Å². The molecule has 0 fully saturated rings. The first-order valence-corrected chi connectivity index (χ1v) is 6.74. The Balaban J connectivity index is 2.70. The van der Waals surface area contributed by atoms with Crippen LogP contribution in [0.25, 0.3) is 0 Å². The molecule has 0 saturated heterocycles. The lowest BCUT2D eigenvalue weighted by Gasteiger charge is -2.18. The standard InChI is InChI=1S/C15H20FNO3/c1-3-4-8-13(15(19)20)17-14(18)10(2)11-6-5-7-12(16)9-11/h5-7,9-10,13H,3-4,8H2,1-2H3,(H,17,18)(H,19,20)/t10?,13-/m0/s1. The van der Waals surface area contributed by atoms with Crippen LogP contribution in [-0.4, -0.2) is 23.0 Å². The van der Waals surface area contributed by atoms with Gasteiger partial charge in [0, 0.05) is 0 Å². The van der Waals surface area contributed by atoms with Gasteiger partial charge in [-0.05, 0) is 31.0 Å². The van der Waals surface area contributed by atoms with E-state index in [1.807, 2.05) is 6.92 Å². The van der Waals surface area contributed by atoms with Crippen LogP contribution >= 0.6 is 0 Å². The molecule has 20 heavy (non-hydrogen) atoms. The van der Waals surface area contributed by atoms with Crippen LogP contribution in [0.2, 0.25) is 0 Å². The maximum atomic E-state index is 13.1. The van der Waals surface area contributed by atoms with Gasteiger partial charge in [0.15, 0.2) is 0 Å². The van der Waals surface area contributed by atoms with Gasteiger partial charge in [-0.25, -0.2) is 9.18 Å². The number of hydrogen-bond donors (Lipinski definition) is 2. The smallest absolute Gasteiger partial charge is 0.326 e. The molecule has 4 nitrogen and oxygen atoms in total. The summed E-state index contributed by atoms with van der Waals surface area (Å²) in [6.07, 6.45) is 1.98. The van der Waals surface area contributed by atoms with E-state index < -0.39 is 29.7 Å². The van der Waals surface area contributed by atoms with Crippen molar-refractivity contribution in [1.29, 1.82) is 0 Å². The van der Waals surface area contributed by atoms with Gasteiger partial charge in [-0.15, -0.1) is 0 Å². The first-order chi connectivity index (χ1) is 9.45. The van der Waals surface area contributed by atoms with E-state index in [0.717, 1.165) is 12.8 Å². The first kappa shape index (κ1) is 16.1. The third-order valence-electron chi connectivity index (χ3n) is 3.20. The van der Waals surface area contributed by atoms with Crippen LogP contribution < -0.4 is 5.32 Å². The van der Waals surface area contributed by atoms with Gasteiger partial charge in [0.1, 0.15) is 11.9 Å². The number of carboxylic acid groups (broad SMARTS) is 1. The Morgan fingerprint density at radius 2 is 2.10 bits per heavy atom. The normalized spacial score (nSPS) is 13.6. The van der Waals surface area contributed by atoms with E-state index in [9.17, 15) is 14.0 Å². The monoisotopic (exact) mass is 281 g/mol. The maximum absolute atomic E-state index is 13.1. The number of rotatable bonds is 7. The Morgan fingerprint density at radius 3 is 2.65 bits per heavy atom. The van der Waals surface area contributed by atoms with Crippen molar-refractivity contribution in [3.05, 3.63) is 35.6 Å². The Hall–Kier alpha value is -1.91. The molecule has 1 aromatic carbocycles. The molecule has 0 bridgehead atoms. The molecule has 0 aliphatic heterocycles. The number of carbonyl (C=O) groups excluding carboxylic acids is 1. The van der Waals surface area contributed by atoms with E-state index in [4.69, 9.17) is 5.11 Å². The van der Waals surface area contributed by atoms with Crippen molar-refractivity contribution >= 4 is 11.9 Å². The lowest BCUT2D eigenvalue weighted by atomic mass is 9.99. The van der Waals surface area contributed by atoms with Gasteiger partial charge in [-0.3, -0.25) is 4.79 Å². The summed E-state index contributed by atoms with van der Waals surface area (Å²) in [7, 11) is 0. The number of carboxylic acids is 1. The molecular formula is C15H20FNO3. The predicted molar refractivity (Wildman–Crippen MR) is 73.9 cm³/mol. The largest absolute Gasteiger partial charge is 0.480 e. The van der Waals surface area contributed by atoms with Crippen molar-refractivity contribution < 1.29 is 19.1 Å². The van der Waals surface area contributed by atoms with E-state index in [-0.39, 0.29) is 0 Å². The second-order valence-corrected chi connectivity index (χ2v) is 4.82. The fourth-order valence-corrected chi connectivity index (χ4v) is 1.89. The summed E-state index contributed by atoms with van der Waals surface area (Å²) in [5.41, 5.74) is 0.530. The van der Waals surface area contributed by atoms with Crippen LogP contribution in [0.5, 0.6) is 0 Å². The minimum atomic E-state index is -1.04. The fourth-order valence-electron chi connectivity index (χ4n) is 1.89. The summed E-state index contributed by atoms with van der Waals surface area (Å²) in [5, 5.41) is 11.6. The second-order valence-electron chi connectivity index (χ2n) is 4.82. The second kappa shape index (κ2) is 7.62. The molecule has 0 heterocycles. The summed E-state index contributed by atoms with van der Waals surface area (Å²) in [4.78, 5) is 23.1. The average Bonchev–Trinajstić information content (AvgIpc) is 2.42. The van der Waals surface area contributed by atoms with E-state index >= 15 is 0 Å². The van der Waals surface area contributed by atoms with Crippen LogP contribution in [0, 0.1) is 5.82 Å². The lowest BCUT2D eigenvalue weighted by Crippen LogP contribution is -2.42. The third-order valence-corrected chi connectivity index (χ3v) is 3.20. The van der Waals surface area contributed by atoms with E-state index in [1.54, 1.807) is 13.0 Å². The van der Waals surface area contributed by atoms with Gasteiger partial charge in [-0.2, -0.15) is 0 Å². The molecule has 110 valence electrons. The average molecular weight is 281 g/mol. The van der Waals surface area contributed by atoms with Crippen LogP contribution in [-0.2, 0) is 9.59 Å². The highest BCUT2D eigenvalue weighted by Crippen LogP contribution is 2.17. The van der Waals surface area contributed by atoms with Crippen molar-refractivity contribution in [2.75, 3.05) is 0 Å². The van der Waals surface area contributed by atoms with Crippen LogP contribution in [0.1, 0.15) is 44.6 Å². The molecule has 0 aromatic heterocycles. The van der Waals surface area contributed by atoms with Crippen LogP contribution in [0.15, 0.2) is 24.3 Å². The topological polar surface area (TPSA) is 66.4 Å². The van der Waals surface area contributed by atoms with E-state index in [2.05, 4.69) is 5.32 Å². The number of amides is 1. The minimum Gasteiger partial charge on any atom is -0.480 e. The maximum Gasteiger partial charge on any atom is 0.326 e. The van der Waals surface area contributed by atoms with Crippen molar-refractivity contribution in [2.24, 2.45) is 0 Å². The molecule has 0 radical (unpaired) electrons. The summed E-state index contributed by atoms with van der Waals surface area (Å²) >= 11 is 0. The number of unbranched alkanes of at least 4 members (excludes halogenated alkanes) is 1. The highest BCUT2D eigenvalue weighted by Gasteiger charge is 2.23. The van der Waals surface area contributed by atoms with Gasteiger partial charge in [0.05, 0.1) is 5.92 Å². The lowest BCUT2D eigenvalue weighted by molar-refractivity contribution is -0.142. The Bertz CT molecular complexity index is 476. The number of benzene rings is 1. The first-order valence-electron chi connectivity index (χ1n) is 6.74. The zero-order valence-electron chi connectivity index (χ0n) is 11.7. The molecule has 0 spiro atoms. The quantitative estimate of drug-likeness (QED) is 0.807. The molecule has 1 unspecified atom stereocenters. The molecule has 1 aromatic rings. The molecule has 0 aliphatic carbocycles. The Kier molecular flexibility index (Phi) is 6.15. The van der Waals surface area contributed by atoms with Gasteiger partial charge in [0.2, 0.25) is 5.91 Å². The number of halogens is 1. The SMILES string of the molecule is CCCC[C@H](NC(=O)C(C)c1cccc(F)c1)C(=O)O. The van der Waals surface area contributed by atoms with Gasteiger partial charge in [-0.1, -0.05) is 31.9 Å². The van der Waals surface area contributed by atoms with Crippen molar-refractivity contribution in [3.63, 3.8) is 0 Å². The highest BCUT2D eigenvalue weighted by molar-refractivity contribution is 5.87.